The molecule has 3 atom stereocenters. The van der Waals surface area contributed by atoms with Crippen molar-refractivity contribution < 1.29 is 14.6 Å². The molecule has 1 saturated heterocycles. The normalized spacial score (nSPS) is 28.6. The summed E-state index contributed by atoms with van der Waals surface area (Å²) in [5, 5.41) is 10.3. The van der Waals surface area contributed by atoms with Gasteiger partial charge in [0.15, 0.2) is 0 Å². The number of ether oxygens (including phenoxy) is 1. The van der Waals surface area contributed by atoms with E-state index in [1.165, 1.54) is 0 Å². The summed E-state index contributed by atoms with van der Waals surface area (Å²) in [6, 6.07) is 0.101. The molecule has 5 nitrogen and oxygen atoms in total. The SMILES string of the molecule is CCC1CN(C(=O)OC(C)(C)C)CC(O)C1N(C)C. The van der Waals surface area contributed by atoms with Gasteiger partial charge in [0.25, 0.3) is 0 Å². The van der Waals surface area contributed by atoms with Gasteiger partial charge in [-0.15, -0.1) is 0 Å². The summed E-state index contributed by atoms with van der Waals surface area (Å²) in [5.74, 6) is 0.270. The minimum Gasteiger partial charge on any atom is -0.444 e. The number of carbonyl (C=O) groups is 1. The molecule has 0 radical (unpaired) electrons. The van der Waals surface area contributed by atoms with Crippen LogP contribution in [0.1, 0.15) is 34.1 Å². The molecule has 0 aliphatic carbocycles. The molecule has 5 heteroatoms. The van der Waals surface area contributed by atoms with Gasteiger partial charge in [-0.05, 0) is 40.8 Å². The highest BCUT2D eigenvalue weighted by Gasteiger charge is 2.39. The summed E-state index contributed by atoms with van der Waals surface area (Å²) in [7, 11) is 3.94. The molecular weight excluding hydrogens is 244 g/mol. The lowest BCUT2D eigenvalue weighted by atomic mass is 9.87. The lowest BCUT2D eigenvalue weighted by Gasteiger charge is -2.44. The maximum absolute atomic E-state index is 12.1. The first-order valence-corrected chi connectivity index (χ1v) is 6.98. The van der Waals surface area contributed by atoms with E-state index in [2.05, 4.69) is 6.92 Å². The van der Waals surface area contributed by atoms with Crippen molar-refractivity contribution in [1.29, 1.82) is 0 Å². The first-order valence-electron chi connectivity index (χ1n) is 6.98. The molecule has 0 spiro atoms. The highest BCUT2D eigenvalue weighted by atomic mass is 16.6. The van der Waals surface area contributed by atoms with Crippen LogP contribution in [0.15, 0.2) is 0 Å². The second kappa shape index (κ2) is 6.09. The van der Waals surface area contributed by atoms with E-state index in [0.717, 1.165) is 6.42 Å². The fraction of sp³-hybridized carbons (Fsp3) is 0.929. The van der Waals surface area contributed by atoms with Crippen molar-refractivity contribution in [3.8, 4) is 0 Å². The van der Waals surface area contributed by atoms with Crippen LogP contribution in [0, 0.1) is 5.92 Å². The van der Waals surface area contributed by atoms with Crippen LogP contribution in [-0.2, 0) is 4.74 Å². The summed E-state index contributed by atoms with van der Waals surface area (Å²) in [6.07, 6.45) is 0.0718. The molecule has 0 saturated carbocycles. The molecule has 1 N–H and O–H groups in total. The minimum absolute atomic E-state index is 0.101. The van der Waals surface area contributed by atoms with E-state index < -0.39 is 11.7 Å². The van der Waals surface area contributed by atoms with Crippen LogP contribution >= 0.6 is 0 Å². The molecule has 0 aromatic rings. The Hall–Kier alpha value is -0.810. The maximum Gasteiger partial charge on any atom is 0.410 e. The van der Waals surface area contributed by atoms with Crippen LogP contribution < -0.4 is 0 Å². The second-order valence-corrected chi connectivity index (χ2v) is 6.58. The van der Waals surface area contributed by atoms with Gasteiger partial charge in [-0.25, -0.2) is 4.79 Å². The fourth-order valence-corrected chi connectivity index (χ4v) is 2.73. The van der Waals surface area contributed by atoms with Crippen LogP contribution in [0.25, 0.3) is 0 Å². The zero-order chi connectivity index (χ0) is 14.8. The quantitative estimate of drug-likeness (QED) is 0.829. The number of β-amino-alcohol motifs (C(OH)–C–C–N with tert-alkyl or cyclic N) is 1. The Bertz CT molecular complexity index is 312. The number of nitrogens with zero attached hydrogens (tertiary/aromatic N) is 2. The van der Waals surface area contributed by atoms with Gasteiger partial charge in [0.2, 0.25) is 0 Å². The zero-order valence-electron chi connectivity index (χ0n) is 13.0. The van der Waals surface area contributed by atoms with Crippen LogP contribution in [0.2, 0.25) is 0 Å². The van der Waals surface area contributed by atoms with Crippen molar-refractivity contribution in [2.75, 3.05) is 27.2 Å². The summed E-state index contributed by atoms with van der Waals surface area (Å²) in [5.41, 5.74) is -0.498. The van der Waals surface area contributed by atoms with Gasteiger partial charge in [0.1, 0.15) is 5.60 Å². The van der Waals surface area contributed by atoms with Crippen molar-refractivity contribution in [2.24, 2.45) is 5.92 Å². The molecule has 1 amide bonds. The Kier molecular flexibility index (Phi) is 5.21. The number of likely N-dealkylation sites (tertiary alicyclic amines) is 1. The summed E-state index contributed by atoms with van der Waals surface area (Å²) >= 11 is 0. The molecule has 1 heterocycles. The number of likely N-dealkylation sites (N-methyl/N-ethyl adjacent to an activating group) is 1. The third kappa shape index (κ3) is 4.35. The van der Waals surface area contributed by atoms with E-state index in [1.54, 1.807) is 4.90 Å². The lowest BCUT2D eigenvalue weighted by molar-refractivity contribution is -0.0438. The summed E-state index contributed by atoms with van der Waals surface area (Å²) in [4.78, 5) is 15.8. The molecular formula is C14H28N2O3. The number of rotatable bonds is 2. The standard InChI is InChI=1S/C14H28N2O3/c1-7-10-8-16(13(18)19-14(2,3)4)9-11(17)12(10)15(5)6/h10-12,17H,7-9H2,1-6H3. The van der Waals surface area contributed by atoms with Gasteiger partial charge in [-0.1, -0.05) is 13.3 Å². The predicted octanol–water partition coefficient (Wildman–Crippen LogP) is 1.55. The number of piperidine rings is 1. The number of carbonyl (C=O) groups excluding carboxylic acids is 1. The monoisotopic (exact) mass is 272 g/mol. The van der Waals surface area contributed by atoms with Crippen molar-refractivity contribution in [3.05, 3.63) is 0 Å². The lowest BCUT2D eigenvalue weighted by Crippen LogP contribution is -2.59. The Balaban J connectivity index is 2.73. The van der Waals surface area contributed by atoms with Gasteiger partial charge < -0.3 is 19.6 Å². The third-order valence-electron chi connectivity index (χ3n) is 3.51. The van der Waals surface area contributed by atoms with Gasteiger partial charge in [0.05, 0.1) is 12.6 Å². The predicted molar refractivity (Wildman–Crippen MR) is 75.1 cm³/mol. The molecule has 1 fully saturated rings. The molecule has 1 aliphatic rings. The van der Waals surface area contributed by atoms with Crippen molar-refractivity contribution >= 4 is 6.09 Å². The van der Waals surface area contributed by atoms with Crippen LogP contribution in [0.4, 0.5) is 4.79 Å². The molecule has 0 aromatic heterocycles. The average Bonchev–Trinajstić information content (AvgIpc) is 2.24. The van der Waals surface area contributed by atoms with Gasteiger partial charge >= 0.3 is 6.09 Å². The Morgan fingerprint density at radius 1 is 1.37 bits per heavy atom. The van der Waals surface area contributed by atoms with Crippen molar-refractivity contribution in [2.45, 2.75) is 51.9 Å². The van der Waals surface area contributed by atoms with E-state index in [0.29, 0.717) is 13.1 Å². The molecule has 0 aromatic carbocycles. The first-order chi connectivity index (χ1) is 8.65. The Labute approximate surface area is 116 Å². The average molecular weight is 272 g/mol. The zero-order valence-corrected chi connectivity index (χ0v) is 13.0. The number of aliphatic hydroxyl groups excluding tert-OH is 1. The summed E-state index contributed by atoms with van der Waals surface area (Å²) < 4.78 is 5.38. The molecule has 1 aliphatic heterocycles. The van der Waals surface area contributed by atoms with Gasteiger partial charge in [-0.3, -0.25) is 0 Å². The largest absolute Gasteiger partial charge is 0.444 e. The van der Waals surface area contributed by atoms with Crippen LogP contribution in [0.3, 0.4) is 0 Å². The molecule has 1 rings (SSSR count). The molecule has 3 unspecified atom stereocenters. The van der Waals surface area contributed by atoms with E-state index in [4.69, 9.17) is 4.74 Å². The Morgan fingerprint density at radius 3 is 2.37 bits per heavy atom. The second-order valence-electron chi connectivity index (χ2n) is 6.58. The number of aliphatic hydroxyl groups is 1. The number of hydrogen-bond donors (Lipinski definition) is 1. The van der Waals surface area contributed by atoms with Gasteiger partial charge in [-0.2, -0.15) is 0 Å². The number of amides is 1. The molecule has 19 heavy (non-hydrogen) atoms. The van der Waals surface area contributed by atoms with E-state index in [-0.39, 0.29) is 18.1 Å². The van der Waals surface area contributed by atoms with Crippen LogP contribution in [-0.4, -0.2) is 65.9 Å². The first kappa shape index (κ1) is 16.2. The van der Waals surface area contributed by atoms with E-state index >= 15 is 0 Å². The fourth-order valence-electron chi connectivity index (χ4n) is 2.73. The smallest absolute Gasteiger partial charge is 0.410 e. The molecule has 112 valence electrons. The highest BCUT2D eigenvalue weighted by Crippen LogP contribution is 2.25. The minimum atomic E-state index is -0.527. The van der Waals surface area contributed by atoms with Crippen molar-refractivity contribution in [1.82, 2.24) is 9.80 Å². The third-order valence-corrected chi connectivity index (χ3v) is 3.51. The van der Waals surface area contributed by atoms with E-state index in [1.807, 2.05) is 39.8 Å². The van der Waals surface area contributed by atoms with Gasteiger partial charge in [0, 0.05) is 12.6 Å². The van der Waals surface area contributed by atoms with Crippen molar-refractivity contribution in [3.63, 3.8) is 0 Å². The highest BCUT2D eigenvalue weighted by molar-refractivity contribution is 5.68. The van der Waals surface area contributed by atoms with Crippen LogP contribution in [0.5, 0.6) is 0 Å². The Morgan fingerprint density at radius 2 is 1.95 bits per heavy atom. The summed E-state index contributed by atoms with van der Waals surface area (Å²) in [6.45, 7) is 8.63. The molecule has 0 bridgehead atoms. The number of hydrogen-bond acceptors (Lipinski definition) is 4. The topological polar surface area (TPSA) is 53.0 Å². The maximum atomic E-state index is 12.1. The van der Waals surface area contributed by atoms with E-state index in [9.17, 15) is 9.90 Å².